The second-order valence-corrected chi connectivity index (χ2v) is 5.28. The number of hydrogen-bond donors (Lipinski definition) is 1. The van der Waals surface area contributed by atoms with Crippen LogP contribution in [0.4, 0.5) is 0 Å². The first kappa shape index (κ1) is 11.2. The van der Waals surface area contributed by atoms with Crippen LogP contribution in [0, 0.1) is 5.92 Å². The lowest BCUT2D eigenvalue weighted by molar-refractivity contribution is 0.110. The van der Waals surface area contributed by atoms with E-state index in [0.717, 1.165) is 32.2 Å². The number of rotatable bonds is 6. The summed E-state index contributed by atoms with van der Waals surface area (Å²) in [5, 5.41) is 7.84. The van der Waals surface area contributed by atoms with Crippen molar-refractivity contribution in [1.82, 2.24) is 15.1 Å². The molecule has 4 heteroatoms. The van der Waals surface area contributed by atoms with Gasteiger partial charge in [-0.1, -0.05) is 0 Å². The number of nitrogens with one attached hydrogen (secondary N) is 1. The highest BCUT2D eigenvalue weighted by molar-refractivity contribution is 5.03. The molecule has 1 aromatic heterocycles. The van der Waals surface area contributed by atoms with Gasteiger partial charge in [0.15, 0.2) is 0 Å². The summed E-state index contributed by atoms with van der Waals surface area (Å²) < 4.78 is 7.66. The summed E-state index contributed by atoms with van der Waals surface area (Å²) in [7, 11) is 0. The molecular weight excluding hydrogens is 214 g/mol. The largest absolute Gasteiger partial charge is 0.377 e. The van der Waals surface area contributed by atoms with Crippen LogP contribution in [0.2, 0.25) is 0 Å². The molecule has 1 N–H and O–H groups in total. The number of nitrogens with zero attached hydrogens (tertiary/aromatic N) is 2. The SMILES string of the molecule is c1nn(CC2CC2)cc1CNC[C@H]1CCCO1. The van der Waals surface area contributed by atoms with Crippen molar-refractivity contribution >= 4 is 0 Å². The Morgan fingerprint density at radius 1 is 1.41 bits per heavy atom. The zero-order valence-electron chi connectivity index (χ0n) is 10.3. The second kappa shape index (κ2) is 5.19. The summed E-state index contributed by atoms with van der Waals surface area (Å²) >= 11 is 0. The third-order valence-corrected chi connectivity index (χ3v) is 3.55. The van der Waals surface area contributed by atoms with E-state index < -0.39 is 0 Å². The zero-order valence-corrected chi connectivity index (χ0v) is 10.3. The first-order valence-electron chi connectivity index (χ1n) is 6.74. The highest BCUT2D eigenvalue weighted by Crippen LogP contribution is 2.30. The van der Waals surface area contributed by atoms with Crippen molar-refractivity contribution in [1.29, 1.82) is 0 Å². The standard InChI is InChI=1S/C13H21N3O/c1-2-13(17-5-1)8-14-6-12-7-15-16(10-12)9-11-3-4-11/h7,10-11,13-14H,1-6,8-9H2/t13-/m1/s1. The minimum absolute atomic E-state index is 0.427. The molecule has 1 aliphatic heterocycles. The van der Waals surface area contributed by atoms with Gasteiger partial charge in [-0.3, -0.25) is 4.68 Å². The summed E-state index contributed by atoms with van der Waals surface area (Å²) in [6.07, 6.45) is 9.75. The average molecular weight is 235 g/mol. The predicted molar refractivity (Wildman–Crippen MR) is 65.6 cm³/mol. The van der Waals surface area contributed by atoms with Crippen molar-refractivity contribution in [3.8, 4) is 0 Å². The van der Waals surface area contributed by atoms with Gasteiger partial charge < -0.3 is 10.1 Å². The maximum absolute atomic E-state index is 5.57. The third kappa shape index (κ3) is 3.30. The predicted octanol–water partition coefficient (Wildman–Crippen LogP) is 1.56. The molecule has 2 fully saturated rings. The fourth-order valence-corrected chi connectivity index (χ4v) is 2.35. The Kier molecular flexibility index (Phi) is 3.43. The summed E-state index contributed by atoms with van der Waals surface area (Å²) in [6, 6.07) is 0. The summed E-state index contributed by atoms with van der Waals surface area (Å²) in [4.78, 5) is 0. The Balaban J connectivity index is 1.39. The van der Waals surface area contributed by atoms with Gasteiger partial charge in [-0.25, -0.2) is 0 Å². The molecule has 94 valence electrons. The van der Waals surface area contributed by atoms with Gasteiger partial charge in [0.05, 0.1) is 12.3 Å². The van der Waals surface area contributed by atoms with E-state index in [1.165, 1.54) is 31.2 Å². The first-order valence-corrected chi connectivity index (χ1v) is 6.74. The van der Waals surface area contributed by atoms with Gasteiger partial charge in [0.25, 0.3) is 0 Å². The molecule has 0 aromatic carbocycles. The monoisotopic (exact) mass is 235 g/mol. The van der Waals surface area contributed by atoms with E-state index >= 15 is 0 Å². The summed E-state index contributed by atoms with van der Waals surface area (Å²) in [5.74, 6) is 0.891. The fraction of sp³-hybridized carbons (Fsp3) is 0.769. The quantitative estimate of drug-likeness (QED) is 0.813. The van der Waals surface area contributed by atoms with Crippen LogP contribution in [-0.4, -0.2) is 29.0 Å². The van der Waals surface area contributed by atoms with E-state index in [4.69, 9.17) is 4.74 Å². The normalized spacial score (nSPS) is 24.4. The lowest BCUT2D eigenvalue weighted by Crippen LogP contribution is -2.25. The van der Waals surface area contributed by atoms with E-state index in [9.17, 15) is 0 Å². The van der Waals surface area contributed by atoms with Crippen molar-refractivity contribution in [3.05, 3.63) is 18.0 Å². The van der Waals surface area contributed by atoms with Crippen LogP contribution >= 0.6 is 0 Å². The fourth-order valence-electron chi connectivity index (χ4n) is 2.35. The smallest absolute Gasteiger partial charge is 0.0700 e. The second-order valence-electron chi connectivity index (χ2n) is 5.28. The van der Waals surface area contributed by atoms with Gasteiger partial charge in [0.2, 0.25) is 0 Å². The highest BCUT2D eigenvalue weighted by Gasteiger charge is 2.21. The molecule has 1 aliphatic carbocycles. The maximum Gasteiger partial charge on any atom is 0.0700 e. The molecule has 2 aliphatic rings. The van der Waals surface area contributed by atoms with Crippen molar-refractivity contribution in [2.75, 3.05) is 13.2 Å². The Labute approximate surface area is 102 Å². The Hall–Kier alpha value is -0.870. The van der Waals surface area contributed by atoms with Gasteiger partial charge in [-0.05, 0) is 31.6 Å². The molecular formula is C13H21N3O. The van der Waals surface area contributed by atoms with Crippen LogP contribution in [0.5, 0.6) is 0 Å². The summed E-state index contributed by atoms with van der Waals surface area (Å²) in [5.41, 5.74) is 1.28. The molecule has 1 saturated heterocycles. The zero-order chi connectivity index (χ0) is 11.5. The van der Waals surface area contributed by atoms with Crippen LogP contribution in [0.15, 0.2) is 12.4 Å². The molecule has 0 spiro atoms. The molecule has 1 aromatic rings. The van der Waals surface area contributed by atoms with Crippen molar-refractivity contribution in [2.24, 2.45) is 5.92 Å². The van der Waals surface area contributed by atoms with Crippen LogP contribution in [-0.2, 0) is 17.8 Å². The maximum atomic E-state index is 5.57. The summed E-state index contributed by atoms with van der Waals surface area (Å²) in [6.45, 7) is 3.91. The Morgan fingerprint density at radius 2 is 2.35 bits per heavy atom. The molecule has 1 atom stereocenters. The van der Waals surface area contributed by atoms with Crippen LogP contribution in [0.3, 0.4) is 0 Å². The van der Waals surface area contributed by atoms with Crippen LogP contribution in [0.25, 0.3) is 0 Å². The minimum atomic E-state index is 0.427. The van der Waals surface area contributed by atoms with E-state index in [2.05, 4.69) is 21.3 Å². The van der Waals surface area contributed by atoms with E-state index in [-0.39, 0.29) is 0 Å². The van der Waals surface area contributed by atoms with E-state index in [0.29, 0.717) is 6.10 Å². The number of hydrogen-bond acceptors (Lipinski definition) is 3. The molecule has 4 nitrogen and oxygen atoms in total. The third-order valence-electron chi connectivity index (χ3n) is 3.55. The van der Waals surface area contributed by atoms with Crippen molar-refractivity contribution < 1.29 is 4.74 Å². The lowest BCUT2D eigenvalue weighted by atomic mass is 10.2. The first-order chi connectivity index (χ1) is 8.40. The van der Waals surface area contributed by atoms with Gasteiger partial charge in [-0.15, -0.1) is 0 Å². The van der Waals surface area contributed by atoms with Crippen molar-refractivity contribution in [3.63, 3.8) is 0 Å². The number of aromatic nitrogens is 2. The van der Waals surface area contributed by atoms with Gasteiger partial charge >= 0.3 is 0 Å². The molecule has 2 heterocycles. The van der Waals surface area contributed by atoms with Crippen LogP contribution < -0.4 is 5.32 Å². The molecule has 17 heavy (non-hydrogen) atoms. The van der Waals surface area contributed by atoms with E-state index in [1.54, 1.807) is 0 Å². The molecule has 0 radical (unpaired) electrons. The lowest BCUT2D eigenvalue weighted by Gasteiger charge is -2.09. The number of ether oxygens (including phenoxy) is 1. The van der Waals surface area contributed by atoms with Gasteiger partial charge in [-0.2, -0.15) is 5.10 Å². The highest BCUT2D eigenvalue weighted by atomic mass is 16.5. The molecule has 3 rings (SSSR count). The average Bonchev–Trinajstić information content (AvgIpc) is 2.80. The van der Waals surface area contributed by atoms with Crippen molar-refractivity contribution in [2.45, 2.75) is 44.9 Å². The molecule has 1 saturated carbocycles. The molecule has 0 bridgehead atoms. The topological polar surface area (TPSA) is 39.1 Å². The molecule has 0 amide bonds. The van der Waals surface area contributed by atoms with Crippen LogP contribution in [0.1, 0.15) is 31.2 Å². The Morgan fingerprint density at radius 3 is 3.12 bits per heavy atom. The minimum Gasteiger partial charge on any atom is -0.377 e. The van der Waals surface area contributed by atoms with Gasteiger partial charge in [0, 0.05) is 38.0 Å². The molecule has 0 unspecified atom stereocenters. The van der Waals surface area contributed by atoms with E-state index in [1.807, 2.05) is 6.20 Å². The Bertz CT molecular complexity index is 353. The van der Waals surface area contributed by atoms with Gasteiger partial charge in [0.1, 0.15) is 0 Å².